The van der Waals surface area contributed by atoms with Gasteiger partial charge in [-0.25, -0.2) is 4.79 Å². The molecule has 3 nitrogen and oxygen atoms in total. The Balaban J connectivity index is 2.54. The highest BCUT2D eigenvalue weighted by Gasteiger charge is 2.42. The maximum absolute atomic E-state index is 12.1. The molecule has 0 aromatic rings. The number of esters is 1. The Hall–Kier alpha value is 0.130. The van der Waals surface area contributed by atoms with E-state index in [-0.39, 0.29) is 27.0 Å². The Kier molecular flexibility index (Phi) is 6.17. The summed E-state index contributed by atoms with van der Waals surface area (Å²) in [4.78, 5) is 12.1. The largest absolute Gasteiger partial charge is 0.456 e. The lowest BCUT2D eigenvalue weighted by atomic mass is 10.2. The Morgan fingerprint density at radius 3 is 2.76 bits per heavy atom. The van der Waals surface area contributed by atoms with Crippen molar-refractivity contribution < 1.29 is 14.3 Å². The van der Waals surface area contributed by atoms with Crippen LogP contribution in [0.5, 0.6) is 0 Å². The van der Waals surface area contributed by atoms with Gasteiger partial charge in [-0.05, 0) is 20.8 Å². The summed E-state index contributed by atoms with van der Waals surface area (Å²) < 4.78 is 10.6. The van der Waals surface area contributed by atoms with Crippen molar-refractivity contribution in [1.82, 2.24) is 0 Å². The lowest BCUT2D eigenvalue weighted by molar-refractivity contribution is -0.152. The van der Waals surface area contributed by atoms with E-state index in [1.54, 1.807) is 18.9 Å². The minimum atomic E-state index is -0.384. The van der Waals surface area contributed by atoms with Crippen LogP contribution in [0.1, 0.15) is 27.2 Å². The molecule has 0 saturated carbocycles. The number of hydrogen-bond acceptors (Lipinski definition) is 4. The van der Waals surface area contributed by atoms with Gasteiger partial charge in [0, 0.05) is 30.2 Å². The van der Waals surface area contributed by atoms with E-state index in [2.05, 4.69) is 0 Å². The topological polar surface area (TPSA) is 35.5 Å². The van der Waals surface area contributed by atoms with Crippen LogP contribution in [0.25, 0.3) is 0 Å². The number of carbonyl (C=O) groups is 1. The van der Waals surface area contributed by atoms with Crippen molar-refractivity contribution in [2.75, 3.05) is 31.0 Å². The molecule has 2 atom stereocenters. The molecular formula is C12H23O3S2+. The molecule has 100 valence electrons. The van der Waals surface area contributed by atoms with Gasteiger partial charge < -0.3 is 9.47 Å². The molecule has 1 fully saturated rings. The SMILES string of the molecule is COCC[S+]1CCCSC1C(=O)OC(C)(C)C. The fourth-order valence-corrected chi connectivity index (χ4v) is 5.97. The molecule has 1 saturated heterocycles. The fraction of sp³-hybridized carbons (Fsp3) is 0.917. The van der Waals surface area contributed by atoms with E-state index < -0.39 is 0 Å². The first-order valence-corrected chi connectivity index (χ1v) is 8.61. The Labute approximate surface area is 111 Å². The van der Waals surface area contributed by atoms with Crippen LogP contribution in [0.4, 0.5) is 0 Å². The smallest absolute Gasteiger partial charge is 0.371 e. The van der Waals surface area contributed by atoms with Crippen molar-refractivity contribution in [2.24, 2.45) is 0 Å². The van der Waals surface area contributed by atoms with Gasteiger partial charge in [0.2, 0.25) is 0 Å². The highest BCUT2D eigenvalue weighted by Crippen LogP contribution is 2.29. The zero-order chi connectivity index (χ0) is 12.9. The number of thioether (sulfide) groups is 1. The average molecular weight is 279 g/mol. The van der Waals surface area contributed by atoms with E-state index in [4.69, 9.17) is 9.47 Å². The van der Waals surface area contributed by atoms with Gasteiger partial charge in [-0.2, -0.15) is 0 Å². The van der Waals surface area contributed by atoms with E-state index in [9.17, 15) is 4.79 Å². The second-order valence-electron chi connectivity index (χ2n) is 5.03. The molecule has 0 aromatic carbocycles. The van der Waals surface area contributed by atoms with Crippen molar-refractivity contribution in [3.8, 4) is 0 Å². The van der Waals surface area contributed by atoms with Crippen LogP contribution in [0.2, 0.25) is 0 Å². The van der Waals surface area contributed by atoms with Gasteiger partial charge >= 0.3 is 5.97 Å². The molecular weight excluding hydrogens is 256 g/mol. The van der Waals surface area contributed by atoms with Crippen LogP contribution in [0, 0.1) is 0 Å². The molecule has 0 aliphatic carbocycles. The first kappa shape index (κ1) is 15.2. The first-order valence-electron chi connectivity index (χ1n) is 5.94. The Morgan fingerprint density at radius 1 is 1.47 bits per heavy atom. The summed E-state index contributed by atoms with van der Waals surface area (Å²) in [6.07, 6.45) is 1.21. The quantitative estimate of drug-likeness (QED) is 0.583. The lowest BCUT2D eigenvalue weighted by Gasteiger charge is -2.26. The van der Waals surface area contributed by atoms with Crippen LogP contribution < -0.4 is 0 Å². The molecule has 0 spiro atoms. The predicted octanol–water partition coefficient (Wildman–Crippen LogP) is 2.06. The highest BCUT2D eigenvalue weighted by molar-refractivity contribution is 8.17. The molecule has 17 heavy (non-hydrogen) atoms. The minimum absolute atomic E-state index is 0.0260. The monoisotopic (exact) mass is 279 g/mol. The maximum atomic E-state index is 12.1. The number of carbonyl (C=O) groups excluding carboxylic acids is 1. The Morgan fingerprint density at radius 2 is 2.18 bits per heavy atom. The summed E-state index contributed by atoms with van der Waals surface area (Å²) in [6, 6.07) is 0. The van der Waals surface area contributed by atoms with Crippen molar-refractivity contribution in [2.45, 2.75) is 37.4 Å². The van der Waals surface area contributed by atoms with Gasteiger partial charge in [0.25, 0.3) is 4.58 Å². The van der Waals surface area contributed by atoms with Crippen LogP contribution in [0.3, 0.4) is 0 Å². The van der Waals surface area contributed by atoms with Crippen LogP contribution in [0.15, 0.2) is 0 Å². The van der Waals surface area contributed by atoms with Crippen LogP contribution in [-0.4, -0.2) is 47.1 Å². The van der Waals surface area contributed by atoms with E-state index in [0.29, 0.717) is 0 Å². The standard InChI is InChI=1S/C12H23O3S2/c1-12(2,3)15-10(13)11-16-7-5-8-17(11)9-6-14-4/h11H,5-9H2,1-4H3/q+1. The van der Waals surface area contributed by atoms with Crippen LogP contribution in [-0.2, 0) is 25.2 Å². The molecule has 0 bridgehead atoms. The molecule has 1 rings (SSSR count). The molecule has 0 aromatic heterocycles. The van der Waals surface area contributed by atoms with Gasteiger partial charge in [0.15, 0.2) is 0 Å². The molecule has 5 heteroatoms. The number of hydrogen-bond donors (Lipinski definition) is 0. The van der Waals surface area contributed by atoms with Gasteiger partial charge in [-0.1, -0.05) is 11.8 Å². The summed E-state index contributed by atoms with van der Waals surface area (Å²) in [5.41, 5.74) is -0.384. The van der Waals surface area contributed by atoms with Crippen LogP contribution >= 0.6 is 11.8 Å². The third-order valence-electron chi connectivity index (χ3n) is 2.27. The van der Waals surface area contributed by atoms with E-state index in [1.807, 2.05) is 20.8 Å². The molecule has 1 aliphatic heterocycles. The van der Waals surface area contributed by atoms with Crippen molar-refractivity contribution in [1.29, 1.82) is 0 Å². The normalized spacial score (nSPS) is 25.6. The summed E-state index contributed by atoms with van der Waals surface area (Å²) >= 11 is 1.75. The molecule has 0 amide bonds. The van der Waals surface area contributed by atoms with E-state index >= 15 is 0 Å². The summed E-state index contributed by atoms with van der Waals surface area (Å²) in [5, 5.41) is 0. The highest BCUT2D eigenvalue weighted by atomic mass is 32.2. The second kappa shape index (κ2) is 6.90. The number of methoxy groups -OCH3 is 1. The molecule has 0 radical (unpaired) electrons. The summed E-state index contributed by atoms with van der Waals surface area (Å²) in [7, 11) is 1.83. The van der Waals surface area contributed by atoms with Gasteiger partial charge in [0.1, 0.15) is 17.1 Å². The van der Waals surface area contributed by atoms with E-state index in [1.165, 1.54) is 6.42 Å². The predicted molar refractivity (Wildman–Crippen MR) is 75.7 cm³/mol. The maximum Gasteiger partial charge on any atom is 0.371 e. The number of rotatable bonds is 4. The van der Waals surface area contributed by atoms with Crippen molar-refractivity contribution >= 4 is 28.6 Å². The summed E-state index contributed by atoms with van der Waals surface area (Å²) in [6.45, 7) is 6.51. The molecule has 2 unspecified atom stereocenters. The fourth-order valence-electron chi connectivity index (χ4n) is 1.59. The molecule has 1 aliphatic rings. The first-order chi connectivity index (χ1) is 7.94. The molecule has 0 N–H and O–H groups in total. The van der Waals surface area contributed by atoms with Gasteiger partial charge in [0.05, 0.1) is 6.61 Å². The minimum Gasteiger partial charge on any atom is -0.456 e. The molecule has 1 heterocycles. The third kappa shape index (κ3) is 5.53. The average Bonchev–Trinajstić information content (AvgIpc) is 2.24. The zero-order valence-corrected chi connectivity index (χ0v) is 12.8. The zero-order valence-electron chi connectivity index (χ0n) is 11.2. The van der Waals surface area contributed by atoms with Crippen molar-refractivity contribution in [3.63, 3.8) is 0 Å². The number of ether oxygens (including phenoxy) is 2. The van der Waals surface area contributed by atoms with Crippen molar-refractivity contribution in [3.05, 3.63) is 0 Å². The lowest BCUT2D eigenvalue weighted by Crippen LogP contribution is -2.40. The van der Waals surface area contributed by atoms with E-state index in [0.717, 1.165) is 23.9 Å². The van der Waals surface area contributed by atoms with Gasteiger partial charge in [-0.3, -0.25) is 0 Å². The third-order valence-corrected chi connectivity index (χ3v) is 6.82. The second-order valence-corrected chi connectivity index (χ2v) is 8.90. The summed E-state index contributed by atoms with van der Waals surface area (Å²) in [5.74, 6) is 3.15. The Bertz CT molecular complexity index is 251. The van der Waals surface area contributed by atoms with Gasteiger partial charge in [-0.15, -0.1) is 0 Å².